The van der Waals surface area contributed by atoms with Crippen LogP contribution in [0.15, 0.2) is 18.2 Å². The lowest BCUT2D eigenvalue weighted by Crippen LogP contribution is -2.29. The fourth-order valence-corrected chi connectivity index (χ4v) is 3.32. The SMILES string of the molecule is Clc1ccc(Cl)c(CN2CCCC2CCCBr)c1. The quantitative estimate of drug-likeness (QED) is 0.665. The van der Waals surface area contributed by atoms with Crippen LogP contribution < -0.4 is 0 Å². The van der Waals surface area contributed by atoms with Gasteiger partial charge in [-0.05, 0) is 56.0 Å². The molecule has 1 nitrogen and oxygen atoms in total. The number of hydrogen-bond donors (Lipinski definition) is 0. The van der Waals surface area contributed by atoms with Crippen molar-refractivity contribution < 1.29 is 0 Å². The predicted octanol–water partition coefficient (Wildman–Crippen LogP) is 5.13. The highest BCUT2D eigenvalue weighted by Gasteiger charge is 2.24. The maximum atomic E-state index is 6.23. The molecule has 1 unspecified atom stereocenters. The molecular weight excluding hydrogens is 333 g/mol. The van der Waals surface area contributed by atoms with Gasteiger partial charge in [-0.15, -0.1) is 0 Å². The number of likely N-dealkylation sites (tertiary alicyclic amines) is 1. The number of alkyl halides is 1. The molecule has 18 heavy (non-hydrogen) atoms. The Kier molecular flexibility index (Phi) is 5.81. The molecule has 1 fully saturated rings. The molecule has 2 rings (SSSR count). The van der Waals surface area contributed by atoms with E-state index in [0.29, 0.717) is 6.04 Å². The van der Waals surface area contributed by atoms with Gasteiger partial charge in [0, 0.05) is 28.0 Å². The van der Waals surface area contributed by atoms with Gasteiger partial charge >= 0.3 is 0 Å². The molecule has 0 amide bonds. The summed E-state index contributed by atoms with van der Waals surface area (Å²) in [5.41, 5.74) is 1.15. The fourth-order valence-electron chi connectivity index (χ4n) is 2.63. The van der Waals surface area contributed by atoms with Gasteiger partial charge in [0.05, 0.1) is 0 Å². The van der Waals surface area contributed by atoms with E-state index in [-0.39, 0.29) is 0 Å². The monoisotopic (exact) mass is 349 g/mol. The zero-order valence-electron chi connectivity index (χ0n) is 10.3. The Morgan fingerprint density at radius 2 is 2.17 bits per heavy atom. The summed E-state index contributed by atoms with van der Waals surface area (Å²) in [7, 11) is 0. The Morgan fingerprint density at radius 1 is 1.33 bits per heavy atom. The van der Waals surface area contributed by atoms with Crippen LogP contribution in [-0.2, 0) is 6.54 Å². The van der Waals surface area contributed by atoms with Crippen molar-refractivity contribution in [3.05, 3.63) is 33.8 Å². The summed E-state index contributed by atoms with van der Waals surface area (Å²) in [4.78, 5) is 2.54. The van der Waals surface area contributed by atoms with Gasteiger partial charge in [-0.25, -0.2) is 0 Å². The summed E-state index contributed by atoms with van der Waals surface area (Å²) in [5, 5.41) is 2.69. The second kappa shape index (κ2) is 7.14. The minimum Gasteiger partial charge on any atom is -0.296 e. The number of nitrogens with zero attached hydrogens (tertiary/aromatic N) is 1. The molecule has 1 aromatic rings. The maximum absolute atomic E-state index is 6.23. The first-order valence-corrected chi connectivity index (χ1v) is 8.32. The summed E-state index contributed by atoms with van der Waals surface area (Å²) in [5.74, 6) is 0. The van der Waals surface area contributed by atoms with E-state index in [1.54, 1.807) is 0 Å². The molecule has 0 aliphatic carbocycles. The summed E-state index contributed by atoms with van der Waals surface area (Å²) in [6, 6.07) is 6.43. The van der Waals surface area contributed by atoms with Crippen LogP contribution in [0.3, 0.4) is 0 Å². The summed E-state index contributed by atoms with van der Waals surface area (Å²) in [6.45, 7) is 2.10. The Hall–Kier alpha value is 0.240. The number of hydrogen-bond acceptors (Lipinski definition) is 1. The fraction of sp³-hybridized carbons (Fsp3) is 0.571. The van der Waals surface area contributed by atoms with Crippen molar-refractivity contribution >= 4 is 39.1 Å². The van der Waals surface area contributed by atoms with Crippen LogP contribution in [-0.4, -0.2) is 22.8 Å². The minimum atomic E-state index is 0.706. The Balaban J connectivity index is 2.01. The molecule has 1 atom stereocenters. The topological polar surface area (TPSA) is 3.24 Å². The zero-order valence-corrected chi connectivity index (χ0v) is 13.4. The van der Waals surface area contributed by atoms with Crippen molar-refractivity contribution in [1.29, 1.82) is 0 Å². The zero-order chi connectivity index (χ0) is 13.0. The van der Waals surface area contributed by atoms with Gasteiger partial charge in [0.2, 0.25) is 0 Å². The maximum Gasteiger partial charge on any atom is 0.0452 e. The molecule has 0 N–H and O–H groups in total. The second-order valence-electron chi connectivity index (χ2n) is 4.83. The van der Waals surface area contributed by atoms with E-state index < -0.39 is 0 Å². The van der Waals surface area contributed by atoms with Gasteiger partial charge in [0.15, 0.2) is 0 Å². The Bertz CT molecular complexity index is 397. The van der Waals surface area contributed by atoms with E-state index in [0.717, 1.165) is 27.5 Å². The van der Waals surface area contributed by atoms with Crippen molar-refractivity contribution in [2.75, 3.05) is 11.9 Å². The van der Waals surface area contributed by atoms with Crippen LogP contribution in [0.1, 0.15) is 31.2 Å². The number of benzene rings is 1. The molecule has 1 aromatic carbocycles. The van der Waals surface area contributed by atoms with Crippen molar-refractivity contribution in [2.24, 2.45) is 0 Å². The Labute approximate surface area is 128 Å². The first-order valence-electron chi connectivity index (χ1n) is 6.44. The van der Waals surface area contributed by atoms with Crippen molar-refractivity contribution in [3.63, 3.8) is 0 Å². The highest BCUT2D eigenvalue weighted by molar-refractivity contribution is 9.09. The average molecular weight is 351 g/mol. The van der Waals surface area contributed by atoms with Gasteiger partial charge in [-0.2, -0.15) is 0 Å². The van der Waals surface area contributed by atoms with E-state index in [9.17, 15) is 0 Å². The number of halogens is 3. The molecule has 0 saturated carbocycles. The van der Waals surface area contributed by atoms with Crippen molar-refractivity contribution in [1.82, 2.24) is 4.90 Å². The molecule has 1 aliphatic rings. The smallest absolute Gasteiger partial charge is 0.0452 e. The van der Waals surface area contributed by atoms with Gasteiger partial charge in [-0.3, -0.25) is 4.90 Å². The van der Waals surface area contributed by atoms with Gasteiger partial charge in [0.25, 0.3) is 0 Å². The largest absolute Gasteiger partial charge is 0.296 e. The minimum absolute atomic E-state index is 0.706. The van der Waals surface area contributed by atoms with E-state index in [1.807, 2.05) is 18.2 Å². The molecule has 1 aliphatic heterocycles. The highest BCUT2D eigenvalue weighted by atomic mass is 79.9. The molecule has 0 bridgehead atoms. The third-order valence-corrected chi connectivity index (χ3v) is 4.72. The summed E-state index contributed by atoms with van der Waals surface area (Å²) in [6.07, 6.45) is 5.12. The summed E-state index contributed by atoms with van der Waals surface area (Å²) < 4.78 is 0. The third kappa shape index (κ3) is 3.86. The molecular formula is C14H18BrCl2N. The number of rotatable bonds is 5. The van der Waals surface area contributed by atoms with Crippen LogP contribution >= 0.6 is 39.1 Å². The first kappa shape index (κ1) is 14.6. The van der Waals surface area contributed by atoms with Gasteiger partial charge in [-0.1, -0.05) is 39.1 Å². The van der Waals surface area contributed by atoms with Crippen molar-refractivity contribution in [3.8, 4) is 0 Å². The highest BCUT2D eigenvalue weighted by Crippen LogP contribution is 2.27. The lowest BCUT2D eigenvalue weighted by Gasteiger charge is -2.24. The van der Waals surface area contributed by atoms with Crippen LogP contribution in [0.5, 0.6) is 0 Å². The second-order valence-corrected chi connectivity index (χ2v) is 6.47. The lowest BCUT2D eigenvalue weighted by atomic mass is 10.1. The van der Waals surface area contributed by atoms with Gasteiger partial charge in [0.1, 0.15) is 0 Å². The van der Waals surface area contributed by atoms with E-state index in [2.05, 4.69) is 20.8 Å². The molecule has 4 heteroatoms. The first-order chi connectivity index (χ1) is 8.70. The molecule has 1 heterocycles. The normalized spacial score (nSPS) is 20.5. The van der Waals surface area contributed by atoms with Crippen LogP contribution in [0.4, 0.5) is 0 Å². The molecule has 0 radical (unpaired) electrons. The van der Waals surface area contributed by atoms with Gasteiger partial charge < -0.3 is 0 Å². The Morgan fingerprint density at radius 3 is 2.94 bits per heavy atom. The predicted molar refractivity (Wildman–Crippen MR) is 82.9 cm³/mol. The van der Waals surface area contributed by atoms with Crippen LogP contribution in [0.25, 0.3) is 0 Å². The van der Waals surface area contributed by atoms with E-state index in [1.165, 1.54) is 32.2 Å². The van der Waals surface area contributed by atoms with Crippen molar-refractivity contribution in [2.45, 2.75) is 38.3 Å². The average Bonchev–Trinajstić information content (AvgIpc) is 2.79. The van der Waals surface area contributed by atoms with Crippen LogP contribution in [0.2, 0.25) is 10.0 Å². The van der Waals surface area contributed by atoms with E-state index >= 15 is 0 Å². The van der Waals surface area contributed by atoms with Crippen LogP contribution in [0, 0.1) is 0 Å². The summed E-state index contributed by atoms with van der Waals surface area (Å²) >= 11 is 15.8. The standard InChI is InChI=1S/C14H18BrCl2N/c15-7-1-3-13-4-2-8-18(13)10-11-9-12(16)5-6-14(11)17/h5-6,9,13H,1-4,7-8,10H2. The molecule has 100 valence electrons. The molecule has 1 saturated heterocycles. The van der Waals surface area contributed by atoms with E-state index in [4.69, 9.17) is 23.2 Å². The molecule has 0 spiro atoms. The third-order valence-electron chi connectivity index (χ3n) is 3.55. The lowest BCUT2D eigenvalue weighted by molar-refractivity contribution is 0.234. The molecule has 0 aromatic heterocycles.